The van der Waals surface area contributed by atoms with Gasteiger partial charge in [-0.2, -0.15) is 0 Å². The van der Waals surface area contributed by atoms with Gasteiger partial charge in [-0.15, -0.1) is 0 Å². The number of esters is 1. The van der Waals surface area contributed by atoms with Crippen molar-refractivity contribution in [3.05, 3.63) is 34.4 Å². The fourth-order valence-corrected chi connectivity index (χ4v) is 2.72. The van der Waals surface area contributed by atoms with E-state index in [-0.39, 0.29) is 17.7 Å². The minimum Gasteiger partial charge on any atom is -0.507 e. The number of carboxylic acids is 1. The molecule has 0 bridgehead atoms. The van der Waals surface area contributed by atoms with Gasteiger partial charge in [-0.3, -0.25) is 4.79 Å². The molecule has 2 N–H and O–H groups in total. The third kappa shape index (κ3) is 3.47. The summed E-state index contributed by atoms with van der Waals surface area (Å²) in [5, 5.41) is 18.7. The van der Waals surface area contributed by atoms with E-state index in [1.807, 2.05) is 19.9 Å². The van der Waals surface area contributed by atoms with E-state index in [9.17, 15) is 14.7 Å². The maximum atomic E-state index is 12.0. The van der Waals surface area contributed by atoms with E-state index in [0.29, 0.717) is 24.2 Å². The van der Waals surface area contributed by atoms with Crippen molar-refractivity contribution in [2.45, 2.75) is 39.2 Å². The van der Waals surface area contributed by atoms with Crippen molar-refractivity contribution in [3.63, 3.8) is 0 Å². The van der Waals surface area contributed by atoms with Crippen LogP contribution in [-0.4, -0.2) is 29.3 Å². The number of rotatable bonds is 6. The fraction of sp³-hybridized carbons (Fsp3) is 0.412. The molecule has 6 nitrogen and oxygen atoms in total. The minimum atomic E-state index is -0.846. The van der Waals surface area contributed by atoms with E-state index in [0.717, 1.165) is 11.1 Å². The van der Waals surface area contributed by atoms with Crippen LogP contribution in [0.1, 0.15) is 53.8 Å². The third-order valence-corrected chi connectivity index (χ3v) is 3.98. The maximum Gasteiger partial charge on any atom is 0.342 e. The van der Waals surface area contributed by atoms with Crippen LogP contribution in [-0.2, 0) is 9.53 Å². The summed E-state index contributed by atoms with van der Waals surface area (Å²) in [4.78, 5) is 22.6. The van der Waals surface area contributed by atoms with E-state index in [1.54, 1.807) is 0 Å². The van der Waals surface area contributed by atoms with Crippen molar-refractivity contribution in [3.8, 4) is 11.5 Å². The molecule has 0 spiro atoms. The summed E-state index contributed by atoms with van der Waals surface area (Å²) in [6, 6.07) is 1.41. The summed E-state index contributed by atoms with van der Waals surface area (Å²) >= 11 is 0. The van der Waals surface area contributed by atoms with Gasteiger partial charge in [-0.05, 0) is 25.8 Å². The van der Waals surface area contributed by atoms with Crippen molar-refractivity contribution >= 4 is 11.9 Å². The lowest BCUT2D eigenvalue weighted by Gasteiger charge is -2.14. The van der Waals surface area contributed by atoms with Gasteiger partial charge in [0.15, 0.2) is 0 Å². The van der Waals surface area contributed by atoms with Crippen LogP contribution in [0, 0.1) is 6.92 Å². The summed E-state index contributed by atoms with van der Waals surface area (Å²) in [6.07, 6.45) is 2.31. The number of carbonyl (C=O) groups is 2. The number of carboxylic acid groups (broad SMARTS) is 1. The molecule has 0 fully saturated rings. The molecule has 1 aromatic rings. The Labute approximate surface area is 134 Å². The minimum absolute atomic E-state index is 0.0665. The highest BCUT2D eigenvalue weighted by molar-refractivity contribution is 5.98. The van der Waals surface area contributed by atoms with Crippen molar-refractivity contribution in [1.29, 1.82) is 0 Å². The summed E-state index contributed by atoms with van der Waals surface area (Å²) < 4.78 is 10.6. The first-order chi connectivity index (χ1) is 10.8. The van der Waals surface area contributed by atoms with Gasteiger partial charge in [0.05, 0.1) is 7.11 Å². The largest absolute Gasteiger partial charge is 0.507 e. The van der Waals surface area contributed by atoms with Gasteiger partial charge >= 0.3 is 11.9 Å². The third-order valence-electron chi connectivity index (χ3n) is 3.98. The van der Waals surface area contributed by atoms with Crippen LogP contribution in [0.15, 0.2) is 17.7 Å². The average Bonchev–Trinajstić information content (AvgIpc) is 2.84. The van der Waals surface area contributed by atoms with Crippen LogP contribution in [0.4, 0.5) is 0 Å². The number of hydrogen-bond acceptors (Lipinski definition) is 5. The Bertz CT molecular complexity index is 674. The number of fused-ring (bicyclic) bond motifs is 1. The Balaban J connectivity index is 2.26. The van der Waals surface area contributed by atoms with E-state index in [1.165, 1.54) is 13.2 Å². The molecular formula is C17H20O6. The number of cyclic esters (lactones) is 1. The van der Waals surface area contributed by atoms with Crippen LogP contribution in [0.5, 0.6) is 11.5 Å². The Morgan fingerprint density at radius 2 is 2.13 bits per heavy atom. The molecule has 1 heterocycles. The Morgan fingerprint density at radius 3 is 2.74 bits per heavy atom. The first kappa shape index (κ1) is 16.9. The number of aromatic hydroxyl groups is 1. The Morgan fingerprint density at radius 1 is 1.43 bits per heavy atom. The molecule has 1 aliphatic rings. The van der Waals surface area contributed by atoms with E-state index in [2.05, 4.69) is 0 Å². The highest BCUT2D eigenvalue weighted by Crippen LogP contribution is 2.43. The number of aliphatic carboxylic acids is 1. The van der Waals surface area contributed by atoms with Crippen molar-refractivity contribution in [2.24, 2.45) is 0 Å². The Hall–Kier alpha value is -2.50. The van der Waals surface area contributed by atoms with Crippen molar-refractivity contribution in [2.75, 3.05) is 7.11 Å². The van der Waals surface area contributed by atoms with Crippen LogP contribution in [0.3, 0.4) is 0 Å². The number of benzene rings is 1. The van der Waals surface area contributed by atoms with Crippen LogP contribution in [0.25, 0.3) is 0 Å². The molecule has 0 aliphatic carbocycles. The van der Waals surface area contributed by atoms with Gasteiger partial charge in [0.1, 0.15) is 23.2 Å². The zero-order valence-electron chi connectivity index (χ0n) is 13.4. The van der Waals surface area contributed by atoms with Gasteiger partial charge < -0.3 is 19.7 Å². The monoisotopic (exact) mass is 320 g/mol. The predicted molar refractivity (Wildman–Crippen MR) is 82.8 cm³/mol. The molecule has 6 heteroatoms. The standard InChI is InChI=1S/C17H20O6/c1-9(5-7-14(19)20)4-6-12-15-10(2)13(22-3)8-11(18)16(15)17(21)23-12/h4,8,12,18H,5-7H2,1-3H3,(H,19,20)/b9-4+. The lowest BCUT2D eigenvalue weighted by atomic mass is 9.95. The molecule has 1 aliphatic heterocycles. The predicted octanol–water partition coefficient (Wildman–Crippen LogP) is 3.12. The van der Waals surface area contributed by atoms with E-state index in [4.69, 9.17) is 14.6 Å². The molecule has 0 saturated carbocycles. The zero-order chi connectivity index (χ0) is 17.1. The van der Waals surface area contributed by atoms with Crippen molar-refractivity contribution < 1.29 is 29.3 Å². The SMILES string of the molecule is COc1cc(O)c2c(c1C)C(C/C=C(\C)CCC(=O)O)OC2=O. The van der Waals surface area contributed by atoms with Crippen LogP contribution in [0.2, 0.25) is 0 Å². The van der Waals surface area contributed by atoms with Gasteiger partial charge in [-0.25, -0.2) is 4.79 Å². The molecular weight excluding hydrogens is 300 g/mol. The van der Waals surface area contributed by atoms with Gasteiger partial charge in [0, 0.05) is 24.5 Å². The molecule has 0 aromatic heterocycles. The smallest absolute Gasteiger partial charge is 0.342 e. The Kier molecular flexibility index (Phi) is 4.93. The summed E-state index contributed by atoms with van der Waals surface area (Å²) in [5.41, 5.74) is 2.49. The highest BCUT2D eigenvalue weighted by atomic mass is 16.5. The first-order valence-corrected chi connectivity index (χ1v) is 7.34. The van der Waals surface area contributed by atoms with E-state index >= 15 is 0 Å². The molecule has 1 unspecified atom stereocenters. The van der Waals surface area contributed by atoms with Crippen LogP contribution >= 0.6 is 0 Å². The molecule has 2 rings (SSSR count). The first-order valence-electron chi connectivity index (χ1n) is 7.34. The van der Waals surface area contributed by atoms with E-state index < -0.39 is 18.0 Å². The summed E-state index contributed by atoms with van der Waals surface area (Å²) in [7, 11) is 1.50. The second-order valence-electron chi connectivity index (χ2n) is 5.59. The number of allylic oxidation sites excluding steroid dienone is 1. The number of phenols is 1. The molecule has 0 saturated heterocycles. The average molecular weight is 320 g/mol. The fourth-order valence-electron chi connectivity index (χ4n) is 2.72. The number of phenolic OH excluding ortho intramolecular Hbond substituents is 1. The molecule has 1 atom stereocenters. The maximum absolute atomic E-state index is 12.0. The number of ether oxygens (including phenoxy) is 2. The molecule has 0 amide bonds. The van der Waals surface area contributed by atoms with Gasteiger partial charge in [0.2, 0.25) is 0 Å². The molecule has 23 heavy (non-hydrogen) atoms. The number of hydrogen-bond donors (Lipinski definition) is 2. The van der Waals surface area contributed by atoms with Gasteiger partial charge in [0.25, 0.3) is 0 Å². The second kappa shape index (κ2) is 6.73. The lowest BCUT2D eigenvalue weighted by molar-refractivity contribution is -0.136. The normalized spacial score (nSPS) is 16.9. The van der Waals surface area contributed by atoms with Crippen LogP contribution < -0.4 is 4.74 Å². The quantitative estimate of drug-likeness (QED) is 0.618. The highest BCUT2D eigenvalue weighted by Gasteiger charge is 2.36. The number of carbonyl (C=O) groups excluding carboxylic acids is 1. The molecule has 1 aromatic carbocycles. The number of methoxy groups -OCH3 is 1. The second-order valence-corrected chi connectivity index (χ2v) is 5.59. The topological polar surface area (TPSA) is 93.1 Å². The zero-order valence-corrected chi connectivity index (χ0v) is 13.4. The molecule has 124 valence electrons. The summed E-state index contributed by atoms with van der Waals surface area (Å²) in [6.45, 7) is 3.66. The summed E-state index contributed by atoms with van der Waals surface area (Å²) in [5.74, 6) is -1.05. The molecule has 0 radical (unpaired) electrons. The lowest BCUT2D eigenvalue weighted by Crippen LogP contribution is -2.00. The van der Waals surface area contributed by atoms with Crippen molar-refractivity contribution in [1.82, 2.24) is 0 Å². The van der Waals surface area contributed by atoms with Gasteiger partial charge in [-0.1, -0.05) is 11.6 Å².